The third-order valence-corrected chi connectivity index (χ3v) is 5.15. The van der Waals surface area contributed by atoms with Gasteiger partial charge in [-0.1, -0.05) is 84.0 Å². The van der Waals surface area contributed by atoms with E-state index in [1.165, 1.54) is 70.6 Å². The molecule has 0 aliphatic rings. The van der Waals surface area contributed by atoms with E-state index in [1.807, 2.05) is 0 Å². The van der Waals surface area contributed by atoms with Crippen LogP contribution in [-0.4, -0.2) is 63.2 Å². The third-order valence-electron chi connectivity index (χ3n) is 5.15. The fraction of sp³-hybridized carbons (Fsp3) is 0.957. The highest BCUT2D eigenvalue weighted by Gasteiger charge is 2.04. The minimum absolute atomic E-state index is 0.0286. The number of hydrogen-bond donors (Lipinski definition) is 0. The van der Waals surface area contributed by atoms with Gasteiger partial charge < -0.3 is 14.5 Å². The Kier molecular flexibility index (Phi) is 19.7. The molecule has 0 saturated carbocycles. The van der Waals surface area contributed by atoms with Gasteiger partial charge in [-0.2, -0.15) is 0 Å². The fourth-order valence-electron chi connectivity index (χ4n) is 3.16. The number of hydrogen-bond acceptors (Lipinski definition) is 4. The zero-order chi connectivity index (χ0) is 20.2. The summed E-state index contributed by atoms with van der Waals surface area (Å²) >= 11 is 0. The van der Waals surface area contributed by atoms with Gasteiger partial charge in [0.05, 0.1) is 0 Å². The summed E-state index contributed by atoms with van der Waals surface area (Å²) in [5, 5.41) is 0. The summed E-state index contributed by atoms with van der Waals surface area (Å²) in [5.41, 5.74) is 0. The van der Waals surface area contributed by atoms with Gasteiger partial charge in [0.25, 0.3) is 0 Å². The second kappa shape index (κ2) is 20.1. The van der Waals surface area contributed by atoms with Gasteiger partial charge in [0.15, 0.2) is 0 Å². The van der Waals surface area contributed by atoms with Crippen molar-refractivity contribution in [3.05, 3.63) is 0 Å². The molecule has 4 nitrogen and oxygen atoms in total. The molecule has 0 spiro atoms. The van der Waals surface area contributed by atoms with E-state index in [-0.39, 0.29) is 5.97 Å². The van der Waals surface area contributed by atoms with E-state index >= 15 is 0 Å². The number of carbonyl (C=O) groups excluding carboxylic acids is 1. The van der Waals surface area contributed by atoms with Gasteiger partial charge >= 0.3 is 5.97 Å². The predicted molar refractivity (Wildman–Crippen MR) is 117 cm³/mol. The van der Waals surface area contributed by atoms with Crippen LogP contribution in [0.1, 0.15) is 96.8 Å². The third kappa shape index (κ3) is 21.5. The van der Waals surface area contributed by atoms with Gasteiger partial charge in [-0.25, -0.2) is 0 Å². The minimum Gasteiger partial charge on any atom is -0.464 e. The topological polar surface area (TPSA) is 32.8 Å². The van der Waals surface area contributed by atoms with Crippen LogP contribution in [0.3, 0.4) is 0 Å². The van der Waals surface area contributed by atoms with Crippen molar-refractivity contribution < 1.29 is 9.53 Å². The Balaban J connectivity index is 3.25. The second-order valence-electron chi connectivity index (χ2n) is 8.32. The summed E-state index contributed by atoms with van der Waals surface area (Å²) in [7, 11) is 6.22. The van der Waals surface area contributed by atoms with E-state index in [0.29, 0.717) is 13.0 Å². The first kappa shape index (κ1) is 26.4. The first-order valence-electron chi connectivity index (χ1n) is 11.5. The average Bonchev–Trinajstić information content (AvgIpc) is 2.63. The van der Waals surface area contributed by atoms with Crippen LogP contribution in [0.2, 0.25) is 0 Å². The van der Waals surface area contributed by atoms with E-state index in [4.69, 9.17) is 4.74 Å². The number of likely N-dealkylation sites (N-methyl/N-ethyl adjacent to an activating group) is 2. The Morgan fingerprint density at radius 3 is 1.63 bits per heavy atom. The van der Waals surface area contributed by atoms with Crippen molar-refractivity contribution in [2.75, 3.05) is 47.4 Å². The van der Waals surface area contributed by atoms with E-state index in [0.717, 1.165) is 32.5 Å². The van der Waals surface area contributed by atoms with Crippen molar-refractivity contribution in [2.45, 2.75) is 96.8 Å². The Hall–Kier alpha value is -0.610. The van der Waals surface area contributed by atoms with Gasteiger partial charge in [-0.3, -0.25) is 4.79 Å². The molecule has 0 aromatic carbocycles. The Morgan fingerprint density at radius 2 is 1.15 bits per heavy atom. The molecule has 0 bridgehead atoms. The number of esters is 1. The predicted octanol–water partition coefficient (Wildman–Crippen LogP) is 5.50. The first-order chi connectivity index (χ1) is 13.1. The van der Waals surface area contributed by atoms with Gasteiger partial charge in [0.2, 0.25) is 0 Å². The molecule has 162 valence electrons. The highest BCUT2D eigenvalue weighted by atomic mass is 16.5. The number of carbonyl (C=O) groups is 1. The molecule has 0 aliphatic heterocycles. The molecule has 0 aromatic rings. The molecule has 0 aliphatic carbocycles. The smallest absolute Gasteiger partial charge is 0.305 e. The van der Waals surface area contributed by atoms with Crippen molar-refractivity contribution in [1.82, 2.24) is 9.80 Å². The lowest BCUT2D eigenvalue weighted by Crippen LogP contribution is -2.31. The maximum atomic E-state index is 11.7. The largest absolute Gasteiger partial charge is 0.464 e. The zero-order valence-corrected chi connectivity index (χ0v) is 18.9. The molecule has 0 saturated heterocycles. The molecule has 4 heteroatoms. The normalized spacial score (nSPS) is 11.5. The van der Waals surface area contributed by atoms with Crippen LogP contribution in [0.25, 0.3) is 0 Å². The summed E-state index contributed by atoms with van der Waals surface area (Å²) in [6, 6.07) is 0. The van der Waals surface area contributed by atoms with E-state index in [2.05, 4.69) is 37.9 Å². The Bertz CT molecular complexity index is 322. The average molecular weight is 385 g/mol. The van der Waals surface area contributed by atoms with Crippen molar-refractivity contribution in [2.24, 2.45) is 0 Å². The van der Waals surface area contributed by atoms with Gasteiger partial charge in [0, 0.05) is 26.1 Å². The molecular formula is C23H48N2O2. The van der Waals surface area contributed by atoms with Gasteiger partial charge in [-0.15, -0.1) is 0 Å². The summed E-state index contributed by atoms with van der Waals surface area (Å²) in [6.07, 6.45) is 17.9. The quantitative estimate of drug-likeness (QED) is 0.205. The fourth-order valence-corrected chi connectivity index (χ4v) is 3.16. The maximum Gasteiger partial charge on any atom is 0.305 e. The molecule has 0 rings (SSSR count). The molecule has 0 aromatic heterocycles. The molecule has 0 fully saturated rings. The van der Waals surface area contributed by atoms with Crippen LogP contribution in [0, 0.1) is 0 Å². The highest BCUT2D eigenvalue weighted by Crippen LogP contribution is 2.13. The number of rotatable bonds is 20. The molecule has 27 heavy (non-hydrogen) atoms. The molecule has 0 N–H and O–H groups in total. The van der Waals surface area contributed by atoms with E-state index in [1.54, 1.807) is 0 Å². The molecule has 0 amide bonds. The van der Waals surface area contributed by atoms with Crippen molar-refractivity contribution in [3.8, 4) is 0 Å². The zero-order valence-electron chi connectivity index (χ0n) is 18.9. The summed E-state index contributed by atoms with van der Waals surface area (Å²) < 4.78 is 5.33. The van der Waals surface area contributed by atoms with Crippen LogP contribution in [0.5, 0.6) is 0 Å². The number of unbranched alkanes of at least 4 members (excludes halogenated alkanes) is 12. The number of ether oxygens (including phenoxy) is 1. The van der Waals surface area contributed by atoms with Crippen molar-refractivity contribution in [3.63, 3.8) is 0 Å². The van der Waals surface area contributed by atoms with Gasteiger partial charge in [-0.05, 0) is 27.6 Å². The van der Waals surface area contributed by atoms with Crippen LogP contribution in [-0.2, 0) is 9.53 Å². The van der Waals surface area contributed by atoms with E-state index < -0.39 is 0 Å². The van der Waals surface area contributed by atoms with E-state index in [9.17, 15) is 4.79 Å². The molecule has 0 heterocycles. The van der Waals surface area contributed by atoms with Crippen molar-refractivity contribution >= 4 is 5.97 Å². The molecule has 0 radical (unpaired) electrons. The lowest BCUT2D eigenvalue weighted by Gasteiger charge is -2.18. The van der Waals surface area contributed by atoms with Crippen LogP contribution in [0.4, 0.5) is 0 Å². The van der Waals surface area contributed by atoms with Crippen LogP contribution < -0.4 is 0 Å². The highest BCUT2D eigenvalue weighted by molar-refractivity contribution is 5.69. The summed E-state index contributed by atoms with van der Waals surface area (Å²) in [5.74, 6) is -0.0286. The second-order valence-corrected chi connectivity index (χ2v) is 8.32. The molecular weight excluding hydrogens is 336 g/mol. The minimum atomic E-state index is -0.0286. The van der Waals surface area contributed by atoms with Crippen molar-refractivity contribution in [1.29, 1.82) is 0 Å². The molecule has 0 unspecified atom stereocenters. The monoisotopic (exact) mass is 384 g/mol. The van der Waals surface area contributed by atoms with Gasteiger partial charge in [0.1, 0.15) is 6.61 Å². The SMILES string of the molecule is CCCCCCCCCCCCCCCC(=O)OCCN(C)CCN(C)C. The lowest BCUT2D eigenvalue weighted by molar-refractivity contribution is -0.144. The lowest BCUT2D eigenvalue weighted by atomic mass is 10.0. The standard InChI is InChI=1S/C23H48N2O2/c1-5-6-7-8-9-10-11-12-13-14-15-16-17-18-23(26)27-22-21-25(4)20-19-24(2)3/h5-22H2,1-4H3. The Morgan fingerprint density at radius 1 is 0.667 bits per heavy atom. The summed E-state index contributed by atoms with van der Waals surface area (Å²) in [4.78, 5) is 16.1. The molecule has 0 atom stereocenters. The maximum absolute atomic E-state index is 11.7. The Labute approximate surface area is 170 Å². The van der Waals surface area contributed by atoms with Crippen LogP contribution in [0.15, 0.2) is 0 Å². The van der Waals surface area contributed by atoms with Crippen LogP contribution >= 0.6 is 0 Å². The number of nitrogens with zero attached hydrogens (tertiary/aromatic N) is 2. The summed E-state index contributed by atoms with van der Waals surface area (Å²) in [6.45, 7) is 5.64. The first-order valence-corrected chi connectivity index (χ1v) is 11.5.